The number of halogens is 1. The first kappa shape index (κ1) is 22.8. The highest BCUT2D eigenvalue weighted by Crippen LogP contribution is 2.31. The van der Waals surface area contributed by atoms with Crippen LogP contribution in [-0.4, -0.2) is 47.1 Å². The van der Waals surface area contributed by atoms with Crippen molar-refractivity contribution >= 4 is 17.3 Å². The molecular weight excluding hydrogens is 449 g/mol. The second-order valence-electron chi connectivity index (χ2n) is 8.53. The van der Waals surface area contributed by atoms with Gasteiger partial charge in [-0.1, -0.05) is 35.5 Å². The van der Waals surface area contributed by atoms with Gasteiger partial charge in [-0.2, -0.15) is 0 Å². The van der Waals surface area contributed by atoms with Gasteiger partial charge < -0.3 is 19.2 Å². The predicted molar refractivity (Wildman–Crippen MR) is 129 cm³/mol. The van der Waals surface area contributed by atoms with Crippen LogP contribution >= 0.6 is 0 Å². The zero-order chi connectivity index (χ0) is 24.4. The number of anilines is 2. The highest BCUT2D eigenvalue weighted by atomic mass is 19.1. The monoisotopic (exact) mass is 475 g/mol. The molecule has 1 atom stereocenters. The van der Waals surface area contributed by atoms with E-state index in [9.17, 15) is 4.79 Å². The van der Waals surface area contributed by atoms with E-state index in [0.29, 0.717) is 60.5 Å². The second kappa shape index (κ2) is 9.71. The average molecular weight is 476 g/mol. The van der Waals surface area contributed by atoms with E-state index < -0.39 is 0 Å². The van der Waals surface area contributed by atoms with Crippen LogP contribution in [0.25, 0.3) is 0 Å². The van der Waals surface area contributed by atoms with Gasteiger partial charge in [0, 0.05) is 31.9 Å². The number of aryl methyl sites for hydroxylation is 2. The fourth-order valence-corrected chi connectivity index (χ4v) is 4.58. The number of oxazole rings is 1. The van der Waals surface area contributed by atoms with Gasteiger partial charge in [-0.3, -0.25) is 9.69 Å². The number of rotatable bonds is 6. The molecule has 3 heterocycles. The number of aromatic nitrogens is 2. The van der Waals surface area contributed by atoms with Gasteiger partial charge in [0.05, 0.1) is 17.6 Å². The normalized spacial score (nSPS) is 15.2. The molecular formula is C26H26FN5O3. The van der Waals surface area contributed by atoms with Crippen LogP contribution in [0.1, 0.15) is 39.3 Å². The van der Waals surface area contributed by atoms with Gasteiger partial charge in [0.25, 0.3) is 5.91 Å². The molecule has 2 aromatic carbocycles. The van der Waals surface area contributed by atoms with Crippen molar-refractivity contribution in [2.24, 2.45) is 0 Å². The van der Waals surface area contributed by atoms with Crippen molar-refractivity contribution in [1.29, 1.82) is 0 Å². The van der Waals surface area contributed by atoms with Gasteiger partial charge >= 0.3 is 0 Å². The van der Waals surface area contributed by atoms with Gasteiger partial charge in [-0.05, 0) is 37.6 Å². The Bertz CT molecular complexity index is 1280. The van der Waals surface area contributed by atoms with Crippen molar-refractivity contribution in [3.05, 3.63) is 95.3 Å². The van der Waals surface area contributed by atoms with Crippen LogP contribution in [0.2, 0.25) is 0 Å². The molecule has 2 aromatic heterocycles. The van der Waals surface area contributed by atoms with Crippen LogP contribution in [0.5, 0.6) is 0 Å². The number of carbonyl (C=O) groups is 1. The topological polar surface area (TPSA) is 87.6 Å². The molecule has 1 fully saturated rings. The highest BCUT2D eigenvalue weighted by molar-refractivity contribution is 6.05. The van der Waals surface area contributed by atoms with E-state index in [1.165, 1.54) is 6.07 Å². The van der Waals surface area contributed by atoms with Crippen molar-refractivity contribution in [2.45, 2.75) is 19.9 Å². The lowest BCUT2D eigenvalue weighted by atomic mass is 10.0. The smallest absolute Gasteiger partial charge is 0.261 e. The third-order valence-corrected chi connectivity index (χ3v) is 6.29. The molecule has 5 rings (SSSR count). The molecule has 1 saturated heterocycles. The third-order valence-electron chi connectivity index (χ3n) is 6.29. The summed E-state index contributed by atoms with van der Waals surface area (Å²) in [6.07, 6.45) is 3.24. The van der Waals surface area contributed by atoms with Crippen LogP contribution in [0, 0.1) is 19.7 Å². The predicted octanol–water partition coefficient (Wildman–Crippen LogP) is 4.58. The third kappa shape index (κ3) is 4.67. The lowest BCUT2D eigenvalue weighted by molar-refractivity contribution is 0.102. The number of piperazine rings is 1. The van der Waals surface area contributed by atoms with E-state index in [-0.39, 0.29) is 17.8 Å². The van der Waals surface area contributed by atoms with E-state index in [2.05, 4.69) is 32.5 Å². The average Bonchev–Trinajstić information content (AvgIpc) is 3.50. The minimum absolute atomic E-state index is 0.0971. The molecule has 8 nitrogen and oxygen atoms in total. The summed E-state index contributed by atoms with van der Waals surface area (Å²) < 4.78 is 25.8. The van der Waals surface area contributed by atoms with Crippen molar-refractivity contribution in [1.82, 2.24) is 15.0 Å². The van der Waals surface area contributed by atoms with Crippen molar-refractivity contribution in [2.75, 3.05) is 36.4 Å². The maximum absolute atomic E-state index is 15.1. The zero-order valence-corrected chi connectivity index (χ0v) is 19.6. The molecule has 1 aliphatic rings. The number of nitrogens with one attached hydrogen (secondary N) is 1. The van der Waals surface area contributed by atoms with E-state index in [0.717, 1.165) is 5.56 Å². The number of hydrogen-bond acceptors (Lipinski definition) is 7. The largest absolute Gasteiger partial charge is 0.447 e. The van der Waals surface area contributed by atoms with Crippen LogP contribution < -0.4 is 10.2 Å². The molecule has 1 amide bonds. The molecule has 0 saturated carbocycles. The van der Waals surface area contributed by atoms with Gasteiger partial charge in [0.1, 0.15) is 29.4 Å². The molecule has 35 heavy (non-hydrogen) atoms. The lowest BCUT2D eigenvalue weighted by Gasteiger charge is -2.39. The standard InChI is InChI=1S/C26H26FN5O3/c1-17-23(18(2)35-30-17)25(33)29-20-8-9-22(21(27)16-20)31-11-13-32(14-12-31)24(26-28-10-15-34-26)19-6-4-3-5-7-19/h3-10,15-16,24H,11-14H2,1-2H3,(H,29,33). The number of carbonyl (C=O) groups excluding carboxylic acids is 1. The Labute approximate surface area is 202 Å². The van der Waals surface area contributed by atoms with Crippen molar-refractivity contribution < 1.29 is 18.1 Å². The summed E-state index contributed by atoms with van der Waals surface area (Å²) in [4.78, 5) is 21.3. The van der Waals surface area contributed by atoms with Gasteiger partial charge in [0.2, 0.25) is 5.89 Å². The van der Waals surface area contributed by atoms with Crippen molar-refractivity contribution in [3.63, 3.8) is 0 Å². The lowest BCUT2D eigenvalue weighted by Crippen LogP contribution is -2.48. The fourth-order valence-electron chi connectivity index (χ4n) is 4.58. The van der Waals surface area contributed by atoms with Crippen molar-refractivity contribution in [3.8, 4) is 0 Å². The Balaban J connectivity index is 1.27. The number of hydrogen-bond donors (Lipinski definition) is 1. The van der Waals surface area contributed by atoms with Crippen LogP contribution in [0.3, 0.4) is 0 Å². The molecule has 180 valence electrons. The quantitative estimate of drug-likeness (QED) is 0.437. The molecule has 0 spiro atoms. The van der Waals surface area contributed by atoms with E-state index in [4.69, 9.17) is 8.94 Å². The SMILES string of the molecule is Cc1noc(C)c1C(=O)Nc1ccc(N2CCN(C(c3ccccc3)c3ncco3)CC2)c(F)c1. The molecule has 0 radical (unpaired) electrons. The first-order valence-corrected chi connectivity index (χ1v) is 11.5. The first-order chi connectivity index (χ1) is 17.0. The number of nitrogens with zero attached hydrogens (tertiary/aromatic N) is 4. The van der Waals surface area contributed by atoms with E-state index in [1.54, 1.807) is 38.4 Å². The maximum Gasteiger partial charge on any atom is 0.261 e. The van der Waals surface area contributed by atoms with Crippen LogP contribution in [0.15, 0.2) is 69.9 Å². The maximum atomic E-state index is 15.1. The Morgan fingerprint density at radius 1 is 1.09 bits per heavy atom. The number of benzene rings is 2. The van der Waals surface area contributed by atoms with Gasteiger partial charge in [-0.15, -0.1) is 0 Å². The van der Waals surface area contributed by atoms with Gasteiger partial charge in [-0.25, -0.2) is 9.37 Å². The van der Waals surface area contributed by atoms with E-state index >= 15 is 4.39 Å². The Morgan fingerprint density at radius 3 is 2.49 bits per heavy atom. The number of amides is 1. The molecule has 1 unspecified atom stereocenters. The molecule has 0 aliphatic carbocycles. The second-order valence-corrected chi connectivity index (χ2v) is 8.53. The minimum atomic E-state index is -0.387. The highest BCUT2D eigenvalue weighted by Gasteiger charge is 2.30. The summed E-state index contributed by atoms with van der Waals surface area (Å²) in [7, 11) is 0. The van der Waals surface area contributed by atoms with Gasteiger partial charge in [0.15, 0.2) is 0 Å². The zero-order valence-electron chi connectivity index (χ0n) is 19.6. The molecule has 9 heteroatoms. The first-order valence-electron chi connectivity index (χ1n) is 11.5. The summed E-state index contributed by atoms with van der Waals surface area (Å²) in [6, 6.07) is 14.8. The molecule has 4 aromatic rings. The van der Waals surface area contributed by atoms with Crippen LogP contribution in [-0.2, 0) is 0 Å². The molecule has 0 bridgehead atoms. The Hall–Kier alpha value is -3.98. The Kier molecular flexibility index (Phi) is 6.33. The van der Waals surface area contributed by atoms with E-state index in [1.807, 2.05) is 23.1 Å². The summed E-state index contributed by atoms with van der Waals surface area (Å²) >= 11 is 0. The summed E-state index contributed by atoms with van der Waals surface area (Å²) in [5, 5.41) is 6.52. The minimum Gasteiger partial charge on any atom is -0.447 e. The summed E-state index contributed by atoms with van der Waals surface area (Å²) in [6.45, 7) is 6.08. The molecule has 1 aliphatic heterocycles. The summed E-state index contributed by atoms with van der Waals surface area (Å²) in [5.41, 5.74) is 2.85. The Morgan fingerprint density at radius 2 is 1.86 bits per heavy atom. The summed E-state index contributed by atoms with van der Waals surface area (Å²) in [5.74, 6) is 0.311. The van der Waals surface area contributed by atoms with Crippen LogP contribution in [0.4, 0.5) is 15.8 Å². The fraction of sp³-hybridized carbons (Fsp3) is 0.269. The molecule has 1 N–H and O–H groups in total.